The Morgan fingerprint density at radius 1 is 1.19 bits per heavy atom. The Bertz CT molecular complexity index is 370. The van der Waals surface area contributed by atoms with E-state index >= 15 is 0 Å². The molecule has 0 saturated heterocycles. The van der Waals surface area contributed by atoms with Crippen molar-refractivity contribution in [1.82, 2.24) is 0 Å². The first-order valence-corrected chi connectivity index (χ1v) is 9.44. The molecule has 0 aliphatic heterocycles. The van der Waals surface area contributed by atoms with Crippen LogP contribution in [0.15, 0.2) is 0 Å². The molecule has 120 valence electrons. The maximum atomic E-state index is 11.9. The summed E-state index contributed by atoms with van der Waals surface area (Å²) in [5.41, 5.74) is 0.402. The van der Waals surface area contributed by atoms with Gasteiger partial charge in [-0.05, 0) is 75.0 Å². The molecule has 0 N–H and O–H groups in total. The third-order valence-corrected chi connectivity index (χ3v) is 7.14. The zero-order chi connectivity index (χ0) is 15.1. The van der Waals surface area contributed by atoms with Crippen LogP contribution in [0.3, 0.4) is 0 Å². The zero-order valence-corrected chi connectivity index (χ0v) is 15.4. The second-order valence-corrected chi connectivity index (χ2v) is 10.2. The first-order chi connectivity index (χ1) is 9.92. The maximum Gasteiger partial charge on any atom is 0.323 e. The molecule has 0 radical (unpaired) electrons. The summed E-state index contributed by atoms with van der Waals surface area (Å²) in [6, 6.07) is 0. The van der Waals surface area contributed by atoms with E-state index in [1.54, 1.807) is 0 Å². The van der Waals surface area contributed by atoms with Crippen LogP contribution in [0.2, 0.25) is 0 Å². The van der Waals surface area contributed by atoms with E-state index in [-0.39, 0.29) is 12.8 Å². The van der Waals surface area contributed by atoms with E-state index < -0.39 is 3.42 Å². The summed E-state index contributed by atoms with van der Waals surface area (Å²) >= 11 is 2.16. The van der Waals surface area contributed by atoms with Crippen LogP contribution in [0, 0.1) is 23.2 Å². The highest BCUT2D eigenvalue weighted by Crippen LogP contribution is 2.60. The van der Waals surface area contributed by atoms with Crippen molar-refractivity contribution < 1.29 is 14.3 Å². The average Bonchev–Trinajstić information content (AvgIpc) is 2.41. The van der Waals surface area contributed by atoms with Crippen LogP contribution < -0.4 is 0 Å². The Kier molecular flexibility index (Phi) is 4.57. The molecule has 0 aromatic heterocycles. The van der Waals surface area contributed by atoms with E-state index in [1.165, 1.54) is 38.5 Å². The molecule has 0 heterocycles. The molecular weight excluding hydrogens is 379 g/mol. The minimum Gasteiger partial charge on any atom is -0.437 e. The number of ether oxygens (including phenoxy) is 2. The third-order valence-electron chi connectivity index (χ3n) is 5.94. The van der Waals surface area contributed by atoms with Gasteiger partial charge in [0.25, 0.3) is 0 Å². The second-order valence-electron chi connectivity index (χ2n) is 7.87. The minimum atomic E-state index is -0.429. The van der Waals surface area contributed by atoms with Crippen LogP contribution in [0.5, 0.6) is 0 Å². The molecule has 1 unspecified atom stereocenters. The van der Waals surface area contributed by atoms with Crippen LogP contribution in [-0.4, -0.2) is 22.8 Å². The second kappa shape index (κ2) is 5.99. The maximum absolute atomic E-state index is 11.9. The van der Waals surface area contributed by atoms with Gasteiger partial charge in [0.15, 0.2) is 6.79 Å². The van der Waals surface area contributed by atoms with Gasteiger partial charge in [0, 0.05) is 0 Å². The first-order valence-electron chi connectivity index (χ1n) is 8.36. The SMILES string of the molecule is CCC(C)(I)C(=O)OCOCC12CC3CC(CC(C3)C1)C2. The van der Waals surface area contributed by atoms with Gasteiger partial charge in [-0.3, -0.25) is 4.79 Å². The fourth-order valence-electron chi connectivity index (χ4n) is 5.11. The molecule has 4 bridgehead atoms. The van der Waals surface area contributed by atoms with E-state index in [4.69, 9.17) is 9.47 Å². The largest absolute Gasteiger partial charge is 0.437 e. The Hall–Kier alpha value is 0.160. The molecule has 3 nitrogen and oxygen atoms in total. The van der Waals surface area contributed by atoms with E-state index in [0.29, 0.717) is 5.41 Å². The smallest absolute Gasteiger partial charge is 0.323 e. The number of halogens is 1. The lowest BCUT2D eigenvalue weighted by atomic mass is 9.50. The minimum absolute atomic E-state index is 0.124. The summed E-state index contributed by atoms with van der Waals surface area (Å²) in [6.07, 6.45) is 9.17. The van der Waals surface area contributed by atoms with Crippen LogP contribution in [-0.2, 0) is 14.3 Å². The van der Waals surface area contributed by atoms with Crippen molar-refractivity contribution in [3.05, 3.63) is 0 Å². The van der Waals surface area contributed by atoms with Crippen LogP contribution in [0.4, 0.5) is 0 Å². The van der Waals surface area contributed by atoms with E-state index in [0.717, 1.165) is 30.8 Å². The van der Waals surface area contributed by atoms with Gasteiger partial charge < -0.3 is 9.47 Å². The molecule has 0 aromatic carbocycles. The van der Waals surface area contributed by atoms with Gasteiger partial charge in [0.2, 0.25) is 0 Å². The first kappa shape index (κ1) is 16.0. The molecular formula is C17H27IO3. The molecule has 4 heteroatoms. The summed E-state index contributed by atoms with van der Waals surface area (Å²) in [5.74, 6) is 2.68. The van der Waals surface area contributed by atoms with Gasteiger partial charge in [-0.1, -0.05) is 29.5 Å². The Morgan fingerprint density at radius 3 is 2.19 bits per heavy atom. The van der Waals surface area contributed by atoms with Crippen molar-refractivity contribution in [3.8, 4) is 0 Å². The molecule has 21 heavy (non-hydrogen) atoms. The van der Waals surface area contributed by atoms with Crippen molar-refractivity contribution in [1.29, 1.82) is 0 Å². The molecule has 0 amide bonds. The predicted molar refractivity (Wildman–Crippen MR) is 90.2 cm³/mol. The van der Waals surface area contributed by atoms with E-state index in [9.17, 15) is 4.79 Å². The zero-order valence-electron chi connectivity index (χ0n) is 13.2. The predicted octanol–water partition coefficient (Wildman–Crippen LogP) is 4.32. The molecule has 4 aliphatic carbocycles. The molecule has 4 saturated carbocycles. The lowest BCUT2D eigenvalue weighted by Gasteiger charge is -2.56. The van der Waals surface area contributed by atoms with Crippen LogP contribution >= 0.6 is 22.6 Å². The summed E-state index contributed by atoms with van der Waals surface area (Å²) in [7, 11) is 0. The number of rotatable bonds is 6. The monoisotopic (exact) mass is 406 g/mol. The molecule has 4 fully saturated rings. The number of hydrogen-bond donors (Lipinski definition) is 0. The van der Waals surface area contributed by atoms with Crippen molar-refractivity contribution >= 4 is 28.6 Å². The quantitative estimate of drug-likeness (QED) is 0.217. The van der Waals surface area contributed by atoms with Crippen molar-refractivity contribution in [2.45, 2.75) is 62.2 Å². The average molecular weight is 406 g/mol. The molecule has 4 aliphatic rings. The fraction of sp³-hybridized carbons (Fsp3) is 0.941. The van der Waals surface area contributed by atoms with E-state index in [2.05, 4.69) is 22.6 Å². The lowest BCUT2D eigenvalue weighted by Crippen LogP contribution is -2.48. The fourth-order valence-corrected chi connectivity index (χ4v) is 5.27. The number of carbonyl (C=O) groups is 1. The summed E-state index contributed by atoms with van der Waals surface area (Å²) < 4.78 is 10.6. The van der Waals surface area contributed by atoms with Gasteiger partial charge in [-0.15, -0.1) is 0 Å². The highest BCUT2D eigenvalue weighted by atomic mass is 127. The molecule has 1 atom stereocenters. The summed E-state index contributed by atoms with van der Waals surface area (Å²) in [4.78, 5) is 11.9. The summed E-state index contributed by atoms with van der Waals surface area (Å²) in [5, 5.41) is 0. The number of carbonyl (C=O) groups excluding carboxylic acids is 1. The third kappa shape index (κ3) is 3.41. The number of alkyl halides is 1. The van der Waals surface area contributed by atoms with Crippen LogP contribution in [0.25, 0.3) is 0 Å². The van der Waals surface area contributed by atoms with Gasteiger partial charge in [-0.25, -0.2) is 0 Å². The Balaban J connectivity index is 1.45. The van der Waals surface area contributed by atoms with Gasteiger partial charge >= 0.3 is 5.97 Å². The Morgan fingerprint density at radius 2 is 1.71 bits per heavy atom. The molecule has 0 aromatic rings. The van der Waals surface area contributed by atoms with Crippen molar-refractivity contribution in [2.24, 2.45) is 23.2 Å². The van der Waals surface area contributed by atoms with Gasteiger partial charge in [-0.2, -0.15) is 0 Å². The highest BCUT2D eigenvalue weighted by Gasteiger charge is 2.50. The van der Waals surface area contributed by atoms with Gasteiger partial charge in [0.1, 0.15) is 3.42 Å². The standard InChI is InChI=1S/C17H27IO3/c1-3-16(2,18)15(19)21-11-20-10-17-7-12-4-13(8-17)6-14(5-12)9-17/h12-14H,3-11H2,1-2H3. The van der Waals surface area contributed by atoms with Crippen molar-refractivity contribution in [3.63, 3.8) is 0 Å². The number of esters is 1. The van der Waals surface area contributed by atoms with Crippen LogP contribution in [0.1, 0.15) is 58.8 Å². The van der Waals surface area contributed by atoms with Crippen molar-refractivity contribution in [2.75, 3.05) is 13.4 Å². The topological polar surface area (TPSA) is 35.5 Å². The Labute approximate surface area is 141 Å². The molecule has 0 spiro atoms. The molecule has 4 rings (SSSR count). The summed E-state index contributed by atoms with van der Waals surface area (Å²) in [6.45, 7) is 4.83. The normalized spacial score (nSPS) is 40.0. The van der Waals surface area contributed by atoms with E-state index in [1.807, 2.05) is 13.8 Å². The number of hydrogen-bond acceptors (Lipinski definition) is 3. The highest BCUT2D eigenvalue weighted by molar-refractivity contribution is 14.1. The van der Waals surface area contributed by atoms with Gasteiger partial charge in [0.05, 0.1) is 6.61 Å². The lowest BCUT2D eigenvalue weighted by molar-refractivity contribution is -0.168.